The van der Waals surface area contributed by atoms with Crippen LogP contribution in [0.15, 0.2) is 24.3 Å². The van der Waals surface area contributed by atoms with Crippen LogP contribution >= 0.6 is 0 Å². The molecule has 1 aliphatic carbocycles. The van der Waals surface area contributed by atoms with Crippen molar-refractivity contribution in [1.82, 2.24) is 5.32 Å². The molecule has 1 aliphatic rings. The van der Waals surface area contributed by atoms with Gasteiger partial charge in [0.2, 0.25) is 0 Å². The Bertz CT molecular complexity index is 387. The maximum absolute atomic E-state index is 6.03. The highest BCUT2D eigenvalue weighted by atomic mass is 16.5. The number of aryl methyl sites for hydroxylation is 1. The van der Waals surface area contributed by atoms with E-state index in [4.69, 9.17) is 4.74 Å². The van der Waals surface area contributed by atoms with E-state index in [-0.39, 0.29) is 0 Å². The van der Waals surface area contributed by atoms with Crippen molar-refractivity contribution >= 4 is 0 Å². The van der Waals surface area contributed by atoms with Gasteiger partial charge >= 0.3 is 0 Å². The van der Waals surface area contributed by atoms with Crippen molar-refractivity contribution in [3.8, 4) is 0 Å². The number of benzene rings is 1. The van der Waals surface area contributed by atoms with Gasteiger partial charge in [-0.15, -0.1) is 0 Å². The summed E-state index contributed by atoms with van der Waals surface area (Å²) >= 11 is 0. The molecule has 106 valence electrons. The predicted molar refractivity (Wildman–Crippen MR) is 80.5 cm³/mol. The molecule has 0 spiro atoms. The van der Waals surface area contributed by atoms with E-state index >= 15 is 0 Å². The number of rotatable bonds is 8. The van der Waals surface area contributed by atoms with Gasteiger partial charge in [-0.3, -0.25) is 0 Å². The average molecular weight is 261 g/mol. The van der Waals surface area contributed by atoms with E-state index in [2.05, 4.69) is 50.4 Å². The lowest BCUT2D eigenvalue weighted by atomic mass is 9.95. The topological polar surface area (TPSA) is 21.3 Å². The summed E-state index contributed by atoms with van der Waals surface area (Å²) in [5.41, 5.74) is 2.83. The molecule has 0 bridgehead atoms. The molecule has 2 unspecified atom stereocenters. The monoisotopic (exact) mass is 261 g/mol. The molecule has 1 aromatic carbocycles. The summed E-state index contributed by atoms with van der Waals surface area (Å²) in [6.45, 7) is 8.31. The molecule has 0 saturated heterocycles. The quantitative estimate of drug-likeness (QED) is 0.775. The Morgan fingerprint density at radius 1 is 1.26 bits per heavy atom. The molecular formula is C17H27NO. The lowest BCUT2D eigenvalue weighted by molar-refractivity contribution is 0.0196. The van der Waals surface area contributed by atoms with Crippen LogP contribution in [-0.4, -0.2) is 25.3 Å². The average Bonchev–Trinajstić information content (AvgIpc) is 3.22. The van der Waals surface area contributed by atoms with Gasteiger partial charge in [0.05, 0.1) is 6.10 Å². The van der Waals surface area contributed by atoms with Crippen molar-refractivity contribution in [3.05, 3.63) is 35.4 Å². The summed E-state index contributed by atoms with van der Waals surface area (Å²) in [4.78, 5) is 0. The van der Waals surface area contributed by atoms with Crippen LogP contribution in [0.1, 0.15) is 37.8 Å². The molecule has 0 aliphatic heterocycles. The van der Waals surface area contributed by atoms with Crippen LogP contribution in [0.4, 0.5) is 0 Å². The third-order valence-electron chi connectivity index (χ3n) is 4.01. The van der Waals surface area contributed by atoms with Crippen LogP contribution in [0.2, 0.25) is 0 Å². The van der Waals surface area contributed by atoms with Crippen molar-refractivity contribution in [2.75, 3.05) is 13.2 Å². The lowest BCUT2D eigenvalue weighted by Gasteiger charge is -2.28. The third-order valence-corrected chi connectivity index (χ3v) is 4.01. The van der Waals surface area contributed by atoms with Crippen LogP contribution in [0, 0.1) is 12.8 Å². The van der Waals surface area contributed by atoms with Crippen molar-refractivity contribution in [2.24, 2.45) is 5.92 Å². The highest BCUT2D eigenvalue weighted by molar-refractivity contribution is 5.26. The fourth-order valence-electron chi connectivity index (χ4n) is 2.84. The van der Waals surface area contributed by atoms with Crippen LogP contribution in [0.3, 0.4) is 0 Å². The highest BCUT2D eigenvalue weighted by Gasteiger charge is 2.36. The van der Waals surface area contributed by atoms with E-state index in [1.54, 1.807) is 0 Å². The molecule has 2 nitrogen and oxygen atoms in total. The maximum Gasteiger partial charge on any atom is 0.0759 e. The molecule has 1 saturated carbocycles. The molecule has 0 heterocycles. The van der Waals surface area contributed by atoms with Crippen LogP contribution in [0.25, 0.3) is 0 Å². The summed E-state index contributed by atoms with van der Waals surface area (Å²) < 4.78 is 6.03. The molecular weight excluding hydrogens is 234 g/mol. The molecule has 19 heavy (non-hydrogen) atoms. The first-order valence-corrected chi connectivity index (χ1v) is 7.65. The minimum absolute atomic E-state index is 0.379. The molecule has 1 N–H and O–H groups in total. The fraction of sp³-hybridized carbons (Fsp3) is 0.647. The lowest BCUT2D eigenvalue weighted by Crippen LogP contribution is -2.44. The molecule has 0 amide bonds. The van der Waals surface area contributed by atoms with Gasteiger partial charge in [0, 0.05) is 12.6 Å². The van der Waals surface area contributed by atoms with Gasteiger partial charge in [0.15, 0.2) is 0 Å². The summed E-state index contributed by atoms with van der Waals surface area (Å²) in [5.74, 6) is 0.771. The molecule has 2 rings (SSSR count). The first kappa shape index (κ1) is 14.5. The Morgan fingerprint density at radius 3 is 2.58 bits per heavy atom. The molecule has 1 aromatic rings. The Kier molecular flexibility index (Phi) is 5.41. The van der Waals surface area contributed by atoms with Gasteiger partial charge in [-0.05, 0) is 56.7 Å². The second kappa shape index (κ2) is 7.06. The van der Waals surface area contributed by atoms with E-state index < -0.39 is 0 Å². The third kappa shape index (κ3) is 4.05. The largest absolute Gasteiger partial charge is 0.377 e. The standard InChI is InChI=1S/C17H27NO/c1-4-18-16(17(19-5-2)14-10-11-14)12-15-9-7-6-8-13(15)3/h6-9,14,16-18H,4-5,10-12H2,1-3H3. The van der Waals surface area contributed by atoms with Gasteiger partial charge < -0.3 is 10.1 Å². The maximum atomic E-state index is 6.03. The van der Waals surface area contributed by atoms with Crippen molar-refractivity contribution in [1.29, 1.82) is 0 Å². The van der Waals surface area contributed by atoms with E-state index in [1.165, 1.54) is 24.0 Å². The van der Waals surface area contributed by atoms with E-state index in [0.717, 1.165) is 25.5 Å². The first-order chi connectivity index (χ1) is 9.26. The van der Waals surface area contributed by atoms with Gasteiger partial charge in [-0.25, -0.2) is 0 Å². The van der Waals surface area contributed by atoms with Crippen molar-refractivity contribution < 1.29 is 4.74 Å². The highest BCUT2D eigenvalue weighted by Crippen LogP contribution is 2.36. The molecule has 1 fully saturated rings. The molecule has 0 aromatic heterocycles. The summed E-state index contributed by atoms with van der Waals surface area (Å²) in [6.07, 6.45) is 4.12. The zero-order valence-corrected chi connectivity index (χ0v) is 12.5. The Hall–Kier alpha value is -0.860. The van der Waals surface area contributed by atoms with Crippen LogP contribution in [0.5, 0.6) is 0 Å². The minimum Gasteiger partial charge on any atom is -0.377 e. The van der Waals surface area contributed by atoms with Crippen LogP contribution < -0.4 is 5.32 Å². The Morgan fingerprint density at radius 2 is 2.00 bits per heavy atom. The molecule has 0 radical (unpaired) electrons. The second-order valence-corrected chi connectivity index (χ2v) is 5.55. The number of hydrogen-bond acceptors (Lipinski definition) is 2. The van der Waals surface area contributed by atoms with Gasteiger partial charge in [0.1, 0.15) is 0 Å². The number of likely N-dealkylation sites (N-methyl/N-ethyl adjacent to an activating group) is 1. The van der Waals surface area contributed by atoms with E-state index in [9.17, 15) is 0 Å². The second-order valence-electron chi connectivity index (χ2n) is 5.55. The zero-order valence-electron chi connectivity index (χ0n) is 12.5. The summed E-state index contributed by atoms with van der Waals surface area (Å²) in [5, 5.41) is 3.64. The van der Waals surface area contributed by atoms with E-state index in [1.807, 2.05) is 0 Å². The smallest absolute Gasteiger partial charge is 0.0759 e. The van der Waals surface area contributed by atoms with Crippen molar-refractivity contribution in [3.63, 3.8) is 0 Å². The Labute approximate surface area is 117 Å². The van der Waals surface area contributed by atoms with Crippen molar-refractivity contribution in [2.45, 2.75) is 52.2 Å². The molecule has 2 atom stereocenters. The SMILES string of the molecule is CCNC(Cc1ccccc1C)C(OCC)C1CC1. The zero-order chi connectivity index (χ0) is 13.7. The van der Waals surface area contributed by atoms with Gasteiger partial charge in [0.25, 0.3) is 0 Å². The number of nitrogens with one attached hydrogen (secondary N) is 1. The van der Waals surface area contributed by atoms with Crippen LogP contribution in [-0.2, 0) is 11.2 Å². The molecule has 2 heteroatoms. The number of ether oxygens (including phenoxy) is 1. The normalized spacial score (nSPS) is 18.3. The van der Waals surface area contributed by atoms with Gasteiger partial charge in [-0.1, -0.05) is 31.2 Å². The van der Waals surface area contributed by atoms with E-state index in [0.29, 0.717) is 12.1 Å². The minimum atomic E-state index is 0.379. The number of hydrogen-bond donors (Lipinski definition) is 1. The first-order valence-electron chi connectivity index (χ1n) is 7.65. The predicted octanol–water partition coefficient (Wildman–Crippen LogP) is 3.33. The summed E-state index contributed by atoms with van der Waals surface area (Å²) in [7, 11) is 0. The summed E-state index contributed by atoms with van der Waals surface area (Å²) in [6, 6.07) is 9.14. The Balaban J connectivity index is 2.08. The van der Waals surface area contributed by atoms with Gasteiger partial charge in [-0.2, -0.15) is 0 Å². The fourth-order valence-corrected chi connectivity index (χ4v) is 2.84.